The zero-order valence-corrected chi connectivity index (χ0v) is 19.7. The van der Waals surface area contributed by atoms with Gasteiger partial charge >= 0.3 is 5.97 Å². The van der Waals surface area contributed by atoms with Crippen LogP contribution in [0.15, 0.2) is 5.11 Å². The Balaban J connectivity index is 2.40. The van der Waals surface area contributed by atoms with E-state index in [2.05, 4.69) is 15.3 Å². The van der Waals surface area contributed by atoms with E-state index in [9.17, 15) is 50.4 Å². The second-order valence-corrected chi connectivity index (χ2v) is 8.49. The van der Waals surface area contributed by atoms with Gasteiger partial charge in [0.25, 0.3) is 5.79 Å². The number of aliphatic carboxylic acids is 1. The van der Waals surface area contributed by atoms with Crippen LogP contribution in [0.5, 0.6) is 0 Å². The van der Waals surface area contributed by atoms with Crippen LogP contribution < -0.4 is 5.32 Å². The Morgan fingerprint density at radius 3 is 2.46 bits per heavy atom. The van der Waals surface area contributed by atoms with Crippen LogP contribution in [0.25, 0.3) is 10.4 Å². The van der Waals surface area contributed by atoms with E-state index < -0.39 is 98.5 Å². The third-order valence-electron chi connectivity index (χ3n) is 5.87. The number of ether oxygens (including phenoxy) is 4. The maximum absolute atomic E-state index is 12.4. The van der Waals surface area contributed by atoms with Gasteiger partial charge in [-0.1, -0.05) is 5.11 Å². The first-order valence-electron chi connectivity index (χ1n) is 11.2. The predicted octanol–water partition coefficient (Wildman–Crippen LogP) is -4.71. The van der Waals surface area contributed by atoms with Gasteiger partial charge in [0.05, 0.1) is 32.0 Å². The van der Waals surface area contributed by atoms with E-state index in [0.29, 0.717) is 0 Å². The summed E-state index contributed by atoms with van der Waals surface area (Å²) in [5, 5.41) is 86.7. The molecule has 2 rings (SSSR count). The van der Waals surface area contributed by atoms with Crippen molar-refractivity contribution in [3.8, 4) is 0 Å². The first-order valence-corrected chi connectivity index (χ1v) is 11.2. The van der Waals surface area contributed by atoms with Gasteiger partial charge in [-0.15, -0.1) is 0 Å². The van der Waals surface area contributed by atoms with Crippen molar-refractivity contribution in [2.24, 2.45) is 5.11 Å². The van der Waals surface area contributed by atoms with E-state index in [0.717, 1.165) is 6.92 Å². The quantitative estimate of drug-likeness (QED) is 0.0486. The van der Waals surface area contributed by atoms with Gasteiger partial charge in [0, 0.05) is 24.8 Å². The van der Waals surface area contributed by atoms with Gasteiger partial charge in [0.1, 0.15) is 42.7 Å². The number of carboxylic acids is 1. The van der Waals surface area contributed by atoms with Crippen LogP contribution in [0, 0.1) is 0 Å². The summed E-state index contributed by atoms with van der Waals surface area (Å²) in [5.74, 6) is -5.46. The monoisotopic (exact) mass is 540 g/mol. The highest BCUT2D eigenvalue weighted by atomic mass is 16.8. The molecule has 11 atom stereocenters. The number of carbonyl (C=O) groups excluding carboxylic acids is 1. The minimum Gasteiger partial charge on any atom is -0.477 e. The van der Waals surface area contributed by atoms with Crippen molar-refractivity contribution < 1.29 is 69.4 Å². The minimum atomic E-state index is -2.88. The molecule has 0 aromatic rings. The third-order valence-corrected chi connectivity index (χ3v) is 5.87. The number of hydrogen-bond donors (Lipinski definition) is 9. The van der Waals surface area contributed by atoms with Crippen LogP contribution in [-0.4, -0.2) is 146 Å². The molecule has 0 aromatic heterocycles. The lowest BCUT2D eigenvalue weighted by atomic mass is 9.88. The molecule has 0 aromatic carbocycles. The standard InChI is InChI=1S/C19H32N4O14/c1-7(26)22-11-8(27)4-19(18(32)33,36-15(11)12(29)9(28)5-24)37-16-13(30)10(6-25)35-17(14(16)31)34-3-2-21-23-20/h8-17,24-25,27-31H,2-6H2,1H3,(H,22,26)(H,32,33)/t8-,9?,10+,11+,12?,13-,14+,15+,16-,17+,19-/m0/s1. The Morgan fingerprint density at radius 1 is 1.24 bits per heavy atom. The second kappa shape index (κ2) is 13.6. The molecule has 0 bridgehead atoms. The number of nitrogens with one attached hydrogen (secondary N) is 1. The number of hydrogen-bond acceptors (Lipinski definition) is 14. The highest BCUT2D eigenvalue weighted by molar-refractivity contribution is 5.76. The zero-order chi connectivity index (χ0) is 27.9. The lowest BCUT2D eigenvalue weighted by molar-refractivity contribution is -0.369. The maximum Gasteiger partial charge on any atom is 0.364 e. The number of azide groups is 1. The van der Waals surface area contributed by atoms with E-state index in [1.807, 2.05) is 0 Å². The van der Waals surface area contributed by atoms with Crippen LogP contribution in [0.3, 0.4) is 0 Å². The van der Waals surface area contributed by atoms with Crippen LogP contribution >= 0.6 is 0 Å². The van der Waals surface area contributed by atoms with Crippen molar-refractivity contribution in [2.45, 2.75) is 80.3 Å². The highest BCUT2D eigenvalue weighted by Gasteiger charge is 2.59. The van der Waals surface area contributed by atoms with Crippen molar-refractivity contribution in [1.82, 2.24) is 5.32 Å². The summed E-state index contributed by atoms with van der Waals surface area (Å²) in [5.41, 5.74) is 8.35. The first kappa shape index (κ1) is 31.0. The van der Waals surface area contributed by atoms with Crippen LogP contribution in [0.4, 0.5) is 0 Å². The van der Waals surface area contributed by atoms with Gasteiger partial charge < -0.3 is 65.1 Å². The van der Waals surface area contributed by atoms with Crippen molar-refractivity contribution in [3.63, 3.8) is 0 Å². The molecule has 2 aliphatic heterocycles. The summed E-state index contributed by atoms with van der Waals surface area (Å²) in [6.45, 7) is -1.18. The summed E-state index contributed by atoms with van der Waals surface area (Å²) in [6.07, 6.45) is -17.1. The minimum absolute atomic E-state index is 0.174. The van der Waals surface area contributed by atoms with E-state index in [4.69, 9.17) is 24.5 Å². The zero-order valence-electron chi connectivity index (χ0n) is 19.7. The molecule has 2 saturated heterocycles. The fraction of sp³-hybridized carbons (Fsp3) is 0.895. The lowest BCUT2D eigenvalue weighted by Crippen LogP contribution is -2.70. The molecule has 212 valence electrons. The van der Waals surface area contributed by atoms with Crippen molar-refractivity contribution in [1.29, 1.82) is 0 Å². The molecule has 0 radical (unpaired) electrons. The third kappa shape index (κ3) is 7.23. The molecule has 2 aliphatic rings. The molecular weight excluding hydrogens is 508 g/mol. The molecule has 9 N–H and O–H groups in total. The summed E-state index contributed by atoms with van der Waals surface area (Å²) in [4.78, 5) is 26.5. The van der Waals surface area contributed by atoms with Crippen molar-refractivity contribution in [3.05, 3.63) is 10.4 Å². The fourth-order valence-electron chi connectivity index (χ4n) is 4.05. The van der Waals surface area contributed by atoms with Gasteiger partial charge in [-0.05, 0) is 5.53 Å². The second-order valence-electron chi connectivity index (χ2n) is 8.49. The highest BCUT2D eigenvalue weighted by Crippen LogP contribution is 2.37. The number of carboxylic acid groups (broad SMARTS) is 1. The number of amides is 1. The predicted molar refractivity (Wildman–Crippen MR) is 115 cm³/mol. The average molecular weight is 540 g/mol. The number of nitrogens with zero attached hydrogens (tertiary/aromatic N) is 3. The van der Waals surface area contributed by atoms with Crippen molar-refractivity contribution >= 4 is 11.9 Å². The Morgan fingerprint density at radius 2 is 1.92 bits per heavy atom. The summed E-state index contributed by atoms with van der Waals surface area (Å²) in [6, 6.07) is -1.46. The molecule has 18 heteroatoms. The Kier molecular flexibility index (Phi) is 11.4. The topological polar surface area (TPSA) is 294 Å². The van der Waals surface area contributed by atoms with E-state index in [1.165, 1.54) is 0 Å². The Hall–Kier alpha value is -2.19. The first-order chi connectivity index (χ1) is 17.4. The average Bonchev–Trinajstić information content (AvgIpc) is 2.85. The largest absolute Gasteiger partial charge is 0.477 e. The molecule has 18 nitrogen and oxygen atoms in total. The van der Waals surface area contributed by atoms with Gasteiger partial charge in [-0.2, -0.15) is 0 Å². The Labute approximate surface area is 209 Å². The van der Waals surface area contributed by atoms with E-state index in [1.54, 1.807) is 0 Å². The van der Waals surface area contributed by atoms with Gasteiger partial charge in [-0.3, -0.25) is 4.79 Å². The van der Waals surface area contributed by atoms with Gasteiger partial charge in [0.15, 0.2) is 6.29 Å². The number of rotatable bonds is 12. The van der Waals surface area contributed by atoms with E-state index >= 15 is 0 Å². The smallest absolute Gasteiger partial charge is 0.364 e. The summed E-state index contributed by atoms with van der Waals surface area (Å²) in [7, 11) is 0. The molecule has 0 aliphatic carbocycles. The molecule has 2 heterocycles. The molecule has 2 fully saturated rings. The maximum atomic E-state index is 12.4. The number of aliphatic hydroxyl groups excluding tert-OH is 7. The SMILES string of the molecule is CC(=O)N[C@@H]1[C@@H](O)C[C@](O[C@H]2[C@@H](O)[C@@H](CO)O[C@@H](OCCN=[N+]=[N-])[C@@H]2O)(C(=O)O)O[C@H]1C(O)C(O)CO. The molecular formula is C19H32N4O14. The molecule has 37 heavy (non-hydrogen) atoms. The molecule has 0 saturated carbocycles. The van der Waals surface area contributed by atoms with Crippen LogP contribution in [0.1, 0.15) is 13.3 Å². The molecule has 2 unspecified atom stereocenters. The molecule has 0 spiro atoms. The summed E-state index contributed by atoms with van der Waals surface area (Å²) < 4.78 is 21.5. The number of carbonyl (C=O) groups is 2. The van der Waals surface area contributed by atoms with Crippen LogP contribution in [0.2, 0.25) is 0 Å². The number of aliphatic hydroxyl groups is 7. The molecule has 1 amide bonds. The fourth-order valence-corrected chi connectivity index (χ4v) is 4.05. The van der Waals surface area contributed by atoms with Crippen molar-refractivity contribution in [2.75, 3.05) is 26.4 Å². The van der Waals surface area contributed by atoms with Crippen LogP contribution in [-0.2, 0) is 28.5 Å². The normalized spacial score (nSPS) is 37.7. The van der Waals surface area contributed by atoms with Gasteiger partial charge in [0.2, 0.25) is 5.91 Å². The van der Waals surface area contributed by atoms with E-state index in [-0.39, 0.29) is 13.2 Å². The lowest BCUT2D eigenvalue weighted by Gasteiger charge is -2.49. The van der Waals surface area contributed by atoms with Gasteiger partial charge in [-0.25, -0.2) is 4.79 Å². The Bertz CT molecular complexity index is 831. The summed E-state index contributed by atoms with van der Waals surface area (Å²) >= 11 is 0.